The molecule has 0 aliphatic rings. The third-order valence-electron chi connectivity index (χ3n) is 5.30. The van der Waals surface area contributed by atoms with E-state index in [4.69, 9.17) is 33.4 Å². The summed E-state index contributed by atoms with van der Waals surface area (Å²) in [6, 6.07) is 20.9. The highest BCUT2D eigenvalue weighted by Gasteiger charge is 2.13. The van der Waals surface area contributed by atoms with Crippen molar-refractivity contribution in [3.8, 4) is 28.2 Å². The molecule has 0 amide bonds. The van der Waals surface area contributed by atoms with Gasteiger partial charge in [0.1, 0.15) is 5.69 Å². The summed E-state index contributed by atoms with van der Waals surface area (Å²) in [6.07, 6.45) is 3.44. The minimum absolute atomic E-state index is 0.0220. The molecule has 2 heterocycles. The fraction of sp³-hybridized carbons (Fsp3) is 0. The number of benzene rings is 3. The molecule has 0 radical (unpaired) electrons. The first-order valence-corrected chi connectivity index (χ1v) is 13.9. The molecule has 0 bridgehead atoms. The van der Waals surface area contributed by atoms with Crippen molar-refractivity contribution in [1.29, 1.82) is 0 Å². The lowest BCUT2D eigenvalue weighted by atomic mass is 10.1. The molecule has 8 nitrogen and oxygen atoms in total. The first-order chi connectivity index (χ1) is 17.8. The molecule has 0 fully saturated rings. The van der Waals surface area contributed by atoms with E-state index in [9.17, 15) is 8.42 Å². The Kier molecular flexibility index (Phi) is 7.09. The average molecular weight is 569 g/mol. The third-order valence-corrected chi connectivity index (χ3v) is 7.48. The van der Waals surface area contributed by atoms with Crippen molar-refractivity contribution in [2.45, 2.75) is 4.90 Å². The molecule has 0 aliphatic carbocycles. The van der Waals surface area contributed by atoms with Gasteiger partial charge < -0.3 is 0 Å². The number of anilines is 1. The van der Waals surface area contributed by atoms with Crippen molar-refractivity contribution >= 4 is 55.9 Å². The summed E-state index contributed by atoms with van der Waals surface area (Å²) in [7, 11) is -3.79. The molecule has 12 heteroatoms. The number of hydrazone groups is 1. The van der Waals surface area contributed by atoms with Crippen LogP contribution < -0.4 is 10.6 Å². The van der Waals surface area contributed by atoms with E-state index in [1.165, 1.54) is 23.5 Å². The van der Waals surface area contributed by atoms with Gasteiger partial charge in [-0.05, 0) is 48.5 Å². The van der Waals surface area contributed by atoms with Crippen molar-refractivity contribution in [3.63, 3.8) is 0 Å². The number of halogens is 2. The smallest absolute Gasteiger partial charge is 0.238 e. The van der Waals surface area contributed by atoms with E-state index in [1.54, 1.807) is 41.4 Å². The van der Waals surface area contributed by atoms with Gasteiger partial charge in [0.25, 0.3) is 0 Å². The van der Waals surface area contributed by atoms with E-state index in [0.29, 0.717) is 26.6 Å². The number of sulfonamides is 1. The van der Waals surface area contributed by atoms with Gasteiger partial charge in [-0.25, -0.2) is 23.2 Å². The number of primary sulfonamides is 1. The molecule has 5 rings (SSSR count). The molecule has 2 aromatic heterocycles. The number of hydrogen-bond acceptors (Lipinski definition) is 7. The standard InChI is InChI=1S/C25H18Cl2N6O2S2/c26-19-5-1-16(2-6-19)23-15-36-25(30-23)31-29-13-18-14-33(21-9-11-22(12-10-21)37(28,34)35)32-24(18)17-3-7-20(27)8-4-17/h1-15H,(H,30,31)(H2,28,34,35)/b29-13+. The second-order valence-electron chi connectivity index (χ2n) is 7.84. The van der Waals surface area contributed by atoms with Crippen LogP contribution in [0, 0.1) is 0 Å². The molecule has 186 valence electrons. The van der Waals surface area contributed by atoms with Crippen LogP contribution in [0.1, 0.15) is 5.56 Å². The Hall–Kier alpha value is -3.54. The Balaban J connectivity index is 1.42. The topological polar surface area (TPSA) is 115 Å². The summed E-state index contributed by atoms with van der Waals surface area (Å²) in [5.74, 6) is 0. The summed E-state index contributed by atoms with van der Waals surface area (Å²) in [5.41, 5.74) is 7.62. The van der Waals surface area contributed by atoms with Gasteiger partial charge in [-0.3, -0.25) is 5.43 Å². The zero-order chi connectivity index (χ0) is 26.0. The lowest BCUT2D eigenvalue weighted by molar-refractivity contribution is 0.598. The first-order valence-electron chi connectivity index (χ1n) is 10.8. The first kappa shape index (κ1) is 25.1. The molecule has 3 N–H and O–H groups in total. The van der Waals surface area contributed by atoms with Crippen LogP contribution in [-0.2, 0) is 10.0 Å². The highest BCUT2D eigenvalue weighted by atomic mass is 35.5. The van der Waals surface area contributed by atoms with Gasteiger partial charge in [-0.2, -0.15) is 10.2 Å². The van der Waals surface area contributed by atoms with Gasteiger partial charge in [0.05, 0.1) is 22.5 Å². The van der Waals surface area contributed by atoms with Crippen LogP contribution in [-0.4, -0.2) is 29.4 Å². The molecule has 37 heavy (non-hydrogen) atoms. The molecule has 0 spiro atoms. The lowest BCUT2D eigenvalue weighted by Crippen LogP contribution is -2.12. The largest absolute Gasteiger partial charge is 0.253 e. The van der Waals surface area contributed by atoms with Gasteiger partial charge in [0.15, 0.2) is 0 Å². The van der Waals surface area contributed by atoms with Crippen molar-refractivity contribution in [2.24, 2.45) is 10.2 Å². The maximum absolute atomic E-state index is 11.6. The fourth-order valence-electron chi connectivity index (χ4n) is 3.47. The Morgan fingerprint density at radius 2 is 1.54 bits per heavy atom. The van der Waals surface area contributed by atoms with E-state index in [0.717, 1.165) is 22.4 Å². The molecule has 3 aromatic carbocycles. The summed E-state index contributed by atoms with van der Waals surface area (Å²) in [5, 5.41) is 18.1. The van der Waals surface area contributed by atoms with Gasteiger partial charge in [0.2, 0.25) is 15.2 Å². The van der Waals surface area contributed by atoms with Crippen LogP contribution in [0.2, 0.25) is 10.0 Å². The van der Waals surface area contributed by atoms with Gasteiger partial charge in [0, 0.05) is 38.3 Å². The Labute approximate surface area is 227 Å². The zero-order valence-electron chi connectivity index (χ0n) is 18.9. The third kappa shape index (κ3) is 5.90. The molecule has 0 aliphatic heterocycles. The molecular weight excluding hydrogens is 551 g/mol. The van der Waals surface area contributed by atoms with Gasteiger partial charge >= 0.3 is 0 Å². The summed E-state index contributed by atoms with van der Waals surface area (Å²) < 4.78 is 24.8. The summed E-state index contributed by atoms with van der Waals surface area (Å²) in [4.78, 5) is 4.59. The number of rotatable bonds is 7. The van der Waals surface area contributed by atoms with Crippen LogP contribution in [0.4, 0.5) is 5.13 Å². The maximum Gasteiger partial charge on any atom is 0.238 e. The normalized spacial score (nSPS) is 11.8. The van der Waals surface area contributed by atoms with Crippen molar-refractivity contribution in [2.75, 3.05) is 5.43 Å². The molecule has 0 saturated heterocycles. The van der Waals surface area contributed by atoms with E-state index in [2.05, 4.69) is 15.5 Å². The van der Waals surface area contributed by atoms with Gasteiger partial charge in [-0.15, -0.1) is 11.3 Å². The van der Waals surface area contributed by atoms with Crippen molar-refractivity contribution < 1.29 is 8.42 Å². The fourth-order valence-corrected chi connectivity index (χ4v) is 4.91. The van der Waals surface area contributed by atoms with E-state index in [-0.39, 0.29) is 4.90 Å². The zero-order valence-corrected chi connectivity index (χ0v) is 22.1. The van der Waals surface area contributed by atoms with Crippen LogP contribution in [0.3, 0.4) is 0 Å². The second-order valence-corrected chi connectivity index (χ2v) is 11.1. The monoisotopic (exact) mass is 568 g/mol. The Morgan fingerprint density at radius 1 is 0.919 bits per heavy atom. The number of aromatic nitrogens is 3. The predicted octanol–water partition coefficient (Wildman–Crippen LogP) is 6.06. The molecular formula is C25H18Cl2N6O2S2. The summed E-state index contributed by atoms with van der Waals surface area (Å²) >= 11 is 13.5. The Morgan fingerprint density at radius 3 is 2.16 bits per heavy atom. The quantitative estimate of drug-likeness (QED) is 0.183. The highest BCUT2D eigenvalue weighted by molar-refractivity contribution is 7.89. The van der Waals surface area contributed by atoms with Crippen LogP contribution >= 0.6 is 34.5 Å². The van der Waals surface area contributed by atoms with E-state index in [1.807, 2.05) is 41.8 Å². The molecule has 5 aromatic rings. The minimum Gasteiger partial charge on any atom is -0.253 e. The predicted molar refractivity (Wildman–Crippen MR) is 149 cm³/mol. The number of nitrogens with two attached hydrogens (primary N) is 1. The van der Waals surface area contributed by atoms with Crippen LogP contribution in [0.25, 0.3) is 28.2 Å². The number of hydrogen-bond donors (Lipinski definition) is 2. The average Bonchev–Trinajstić information content (AvgIpc) is 3.52. The number of nitrogens with zero attached hydrogens (tertiary/aromatic N) is 4. The van der Waals surface area contributed by atoms with E-state index >= 15 is 0 Å². The number of nitrogens with one attached hydrogen (secondary N) is 1. The van der Waals surface area contributed by atoms with Crippen LogP contribution in [0.5, 0.6) is 0 Å². The molecule has 0 atom stereocenters. The SMILES string of the molecule is NS(=O)(=O)c1ccc(-n2cc(/C=N/Nc3nc(-c4ccc(Cl)cc4)cs3)c(-c3ccc(Cl)cc3)n2)cc1. The maximum atomic E-state index is 11.6. The molecule has 0 saturated carbocycles. The number of thiazole rings is 1. The minimum atomic E-state index is -3.79. The highest BCUT2D eigenvalue weighted by Crippen LogP contribution is 2.27. The molecule has 0 unspecified atom stereocenters. The van der Waals surface area contributed by atoms with E-state index < -0.39 is 10.0 Å². The van der Waals surface area contributed by atoms with Gasteiger partial charge in [-0.1, -0.05) is 47.5 Å². The van der Waals surface area contributed by atoms with Crippen LogP contribution in [0.15, 0.2) is 94.4 Å². The second kappa shape index (κ2) is 10.4. The lowest BCUT2D eigenvalue weighted by Gasteiger charge is -2.03. The Bertz CT molecular complexity index is 1680. The van der Waals surface area contributed by atoms with Crippen molar-refractivity contribution in [3.05, 3.63) is 100.0 Å². The van der Waals surface area contributed by atoms with Crippen molar-refractivity contribution in [1.82, 2.24) is 14.8 Å². The summed E-state index contributed by atoms with van der Waals surface area (Å²) in [6.45, 7) is 0.